The number of aromatic nitrogens is 1. The lowest BCUT2D eigenvalue weighted by molar-refractivity contribution is -0.134. The van der Waals surface area contributed by atoms with E-state index in [4.69, 9.17) is 11.6 Å². The summed E-state index contributed by atoms with van der Waals surface area (Å²) in [5.74, 6) is -2.20. The van der Waals surface area contributed by atoms with Crippen LogP contribution in [0, 0.1) is 11.8 Å². The van der Waals surface area contributed by atoms with Gasteiger partial charge in [0.1, 0.15) is 5.92 Å². The van der Waals surface area contributed by atoms with E-state index in [1.165, 1.54) is 0 Å². The summed E-state index contributed by atoms with van der Waals surface area (Å²) in [6.45, 7) is 1.85. The van der Waals surface area contributed by atoms with Crippen LogP contribution >= 0.6 is 11.6 Å². The van der Waals surface area contributed by atoms with Crippen molar-refractivity contribution in [1.82, 2.24) is 4.98 Å². The highest BCUT2D eigenvalue weighted by Gasteiger charge is 2.39. The third kappa shape index (κ3) is 2.44. The van der Waals surface area contributed by atoms with Crippen LogP contribution < -0.4 is 0 Å². The Hall–Kier alpha value is -2.07. The molecule has 0 spiro atoms. The van der Waals surface area contributed by atoms with Gasteiger partial charge in [-0.15, -0.1) is 0 Å². The van der Waals surface area contributed by atoms with E-state index >= 15 is 0 Å². The Morgan fingerprint density at radius 3 is 2.55 bits per heavy atom. The van der Waals surface area contributed by atoms with E-state index in [9.17, 15) is 14.4 Å². The summed E-state index contributed by atoms with van der Waals surface area (Å²) >= 11 is 6.09. The molecule has 0 unspecified atom stereocenters. The van der Waals surface area contributed by atoms with Gasteiger partial charge in [-0.25, -0.2) is 0 Å². The molecule has 2 aromatic rings. The fourth-order valence-electron chi connectivity index (χ4n) is 2.98. The first-order valence-electron chi connectivity index (χ1n) is 7.12. The SMILES string of the molecule is CC1CC(=O)C(C(=O)c2ccc(Cl)c3ncccc23)C(=O)C1. The molecule has 1 saturated carbocycles. The van der Waals surface area contributed by atoms with E-state index in [0.717, 1.165) is 0 Å². The van der Waals surface area contributed by atoms with Gasteiger partial charge in [-0.2, -0.15) is 0 Å². The van der Waals surface area contributed by atoms with Gasteiger partial charge >= 0.3 is 0 Å². The van der Waals surface area contributed by atoms with Gasteiger partial charge in [0.15, 0.2) is 17.3 Å². The lowest BCUT2D eigenvalue weighted by Crippen LogP contribution is -2.38. The maximum atomic E-state index is 12.7. The molecule has 4 nitrogen and oxygen atoms in total. The van der Waals surface area contributed by atoms with E-state index < -0.39 is 11.7 Å². The van der Waals surface area contributed by atoms with Crippen LogP contribution in [0.5, 0.6) is 0 Å². The molecule has 0 radical (unpaired) electrons. The van der Waals surface area contributed by atoms with Crippen molar-refractivity contribution in [3.8, 4) is 0 Å². The second-order valence-corrected chi connectivity index (χ2v) is 6.15. The second-order valence-electron chi connectivity index (χ2n) is 5.74. The number of nitrogens with zero attached hydrogens (tertiary/aromatic N) is 1. The molecule has 1 aliphatic carbocycles. The Labute approximate surface area is 132 Å². The van der Waals surface area contributed by atoms with E-state index in [2.05, 4.69) is 4.98 Å². The quantitative estimate of drug-likeness (QED) is 0.630. The van der Waals surface area contributed by atoms with Crippen molar-refractivity contribution in [3.05, 3.63) is 41.0 Å². The molecular weight excluding hydrogens is 302 g/mol. The number of hydrogen-bond acceptors (Lipinski definition) is 4. The number of carbonyl (C=O) groups is 3. The summed E-state index contributed by atoms with van der Waals surface area (Å²) in [7, 11) is 0. The molecule has 0 N–H and O–H groups in total. The van der Waals surface area contributed by atoms with E-state index in [1.54, 1.807) is 30.5 Å². The Morgan fingerprint density at radius 2 is 1.86 bits per heavy atom. The minimum absolute atomic E-state index is 0.00711. The first-order valence-corrected chi connectivity index (χ1v) is 7.49. The zero-order chi connectivity index (χ0) is 15.9. The van der Waals surface area contributed by atoms with Gasteiger partial charge in [0.2, 0.25) is 0 Å². The van der Waals surface area contributed by atoms with Crippen LogP contribution in [0.4, 0.5) is 0 Å². The average Bonchev–Trinajstić information content (AvgIpc) is 2.46. The molecule has 1 aliphatic rings. The summed E-state index contributed by atoms with van der Waals surface area (Å²) in [6, 6.07) is 6.56. The topological polar surface area (TPSA) is 64.1 Å². The van der Waals surface area contributed by atoms with Crippen LogP contribution in [0.15, 0.2) is 30.5 Å². The molecular formula is C17H14ClNO3. The number of carbonyl (C=O) groups excluding carboxylic acids is 3. The van der Waals surface area contributed by atoms with Crippen LogP contribution in [0.2, 0.25) is 5.02 Å². The van der Waals surface area contributed by atoms with Crippen molar-refractivity contribution in [2.75, 3.05) is 0 Å². The molecule has 0 bridgehead atoms. The number of pyridine rings is 1. The summed E-state index contributed by atoms with van der Waals surface area (Å²) in [5, 5.41) is 1.00. The fraction of sp³-hybridized carbons (Fsp3) is 0.294. The molecule has 1 aromatic heterocycles. The zero-order valence-electron chi connectivity index (χ0n) is 12.0. The summed E-state index contributed by atoms with van der Waals surface area (Å²) in [5.41, 5.74) is 0.827. The average molecular weight is 316 g/mol. The number of halogens is 1. The fourth-order valence-corrected chi connectivity index (χ4v) is 3.19. The van der Waals surface area contributed by atoms with Crippen molar-refractivity contribution in [1.29, 1.82) is 0 Å². The van der Waals surface area contributed by atoms with Gasteiger partial charge in [-0.1, -0.05) is 24.6 Å². The maximum Gasteiger partial charge on any atom is 0.181 e. The van der Waals surface area contributed by atoms with Gasteiger partial charge in [-0.05, 0) is 24.1 Å². The highest BCUT2D eigenvalue weighted by Crippen LogP contribution is 2.30. The normalized spacial score (nSPS) is 22.1. The number of ketones is 3. The third-order valence-electron chi connectivity index (χ3n) is 3.99. The van der Waals surface area contributed by atoms with Crippen molar-refractivity contribution >= 4 is 39.9 Å². The molecule has 1 aromatic carbocycles. The van der Waals surface area contributed by atoms with E-state index in [-0.39, 0.29) is 30.3 Å². The van der Waals surface area contributed by atoms with Gasteiger partial charge in [0.25, 0.3) is 0 Å². The number of fused-ring (bicyclic) bond motifs is 1. The van der Waals surface area contributed by atoms with Crippen molar-refractivity contribution in [2.45, 2.75) is 19.8 Å². The Bertz CT molecular complexity index is 782. The van der Waals surface area contributed by atoms with Gasteiger partial charge in [0, 0.05) is 30.0 Å². The number of Topliss-reactive ketones (excluding diaryl/α,β-unsaturated/α-hetero) is 3. The molecule has 0 atom stereocenters. The van der Waals surface area contributed by atoms with Crippen LogP contribution in [0.3, 0.4) is 0 Å². The molecule has 5 heteroatoms. The number of hydrogen-bond donors (Lipinski definition) is 0. The summed E-state index contributed by atoms with van der Waals surface area (Å²) in [4.78, 5) is 41.2. The summed E-state index contributed by atoms with van der Waals surface area (Å²) < 4.78 is 0. The van der Waals surface area contributed by atoms with Gasteiger partial charge in [-0.3, -0.25) is 19.4 Å². The number of benzene rings is 1. The molecule has 112 valence electrons. The number of rotatable bonds is 2. The molecule has 0 aliphatic heterocycles. The first-order chi connectivity index (χ1) is 10.5. The van der Waals surface area contributed by atoms with Crippen LogP contribution in [0.25, 0.3) is 10.9 Å². The zero-order valence-corrected chi connectivity index (χ0v) is 12.8. The Morgan fingerprint density at radius 1 is 1.18 bits per heavy atom. The van der Waals surface area contributed by atoms with Crippen LogP contribution in [-0.4, -0.2) is 22.3 Å². The highest BCUT2D eigenvalue weighted by atomic mass is 35.5. The van der Waals surface area contributed by atoms with Crippen molar-refractivity contribution in [2.24, 2.45) is 11.8 Å². The van der Waals surface area contributed by atoms with E-state index in [1.807, 2.05) is 6.92 Å². The summed E-state index contributed by atoms with van der Waals surface area (Å²) in [6.07, 6.45) is 2.12. The highest BCUT2D eigenvalue weighted by molar-refractivity contribution is 6.36. The molecule has 1 heterocycles. The standard InChI is InChI=1S/C17H14ClNO3/c1-9-7-13(20)15(14(21)8-9)17(22)11-4-5-12(18)16-10(11)3-2-6-19-16/h2-6,9,15H,7-8H2,1H3. The van der Waals surface area contributed by atoms with Crippen molar-refractivity contribution in [3.63, 3.8) is 0 Å². The Kier molecular flexibility index (Phi) is 3.79. The second kappa shape index (κ2) is 5.61. The third-order valence-corrected chi connectivity index (χ3v) is 4.30. The minimum Gasteiger partial charge on any atom is -0.298 e. The first kappa shape index (κ1) is 14.9. The van der Waals surface area contributed by atoms with Gasteiger partial charge < -0.3 is 0 Å². The molecule has 0 amide bonds. The van der Waals surface area contributed by atoms with E-state index in [0.29, 0.717) is 21.5 Å². The molecule has 1 fully saturated rings. The molecule has 0 saturated heterocycles. The monoisotopic (exact) mass is 315 g/mol. The maximum absolute atomic E-state index is 12.7. The Balaban J connectivity index is 2.08. The van der Waals surface area contributed by atoms with Crippen molar-refractivity contribution < 1.29 is 14.4 Å². The minimum atomic E-state index is -1.18. The van der Waals surface area contributed by atoms with Crippen LogP contribution in [-0.2, 0) is 9.59 Å². The lowest BCUT2D eigenvalue weighted by atomic mass is 9.77. The predicted molar refractivity (Wildman–Crippen MR) is 83.0 cm³/mol. The predicted octanol–water partition coefficient (Wildman–Crippen LogP) is 3.26. The molecule has 3 rings (SSSR count). The smallest absolute Gasteiger partial charge is 0.181 e. The van der Waals surface area contributed by atoms with Gasteiger partial charge in [0.05, 0.1) is 10.5 Å². The largest absolute Gasteiger partial charge is 0.298 e. The lowest BCUT2D eigenvalue weighted by Gasteiger charge is -2.23. The molecule has 22 heavy (non-hydrogen) atoms. The van der Waals surface area contributed by atoms with Crippen LogP contribution in [0.1, 0.15) is 30.1 Å².